The van der Waals surface area contributed by atoms with Crippen molar-refractivity contribution in [2.24, 2.45) is 5.10 Å². The predicted molar refractivity (Wildman–Crippen MR) is 87.1 cm³/mol. The Kier molecular flexibility index (Phi) is 5.12. The van der Waals surface area contributed by atoms with Gasteiger partial charge in [-0.05, 0) is 42.2 Å². The first-order valence-corrected chi connectivity index (χ1v) is 7.16. The fraction of sp³-hybridized carbons (Fsp3) is 0.176. The van der Waals surface area contributed by atoms with Gasteiger partial charge < -0.3 is 0 Å². The van der Waals surface area contributed by atoms with E-state index in [1.165, 1.54) is 5.56 Å². The standard InChI is InChI=1S/C17H17ClN2O/c1-3-13-5-7-14(8-6-13)11-19-20-17(21)15-9-4-12(2)10-16(15)18/h4-11H,3H2,1-2H3,(H,20,21). The highest BCUT2D eigenvalue weighted by molar-refractivity contribution is 6.33. The molecule has 0 saturated carbocycles. The van der Waals surface area contributed by atoms with Crippen molar-refractivity contribution in [3.63, 3.8) is 0 Å². The first kappa shape index (κ1) is 15.3. The molecule has 0 spiro atoms. The molecule has 0 atom stereocenters. The molecule has 0 fully saturated rings. The Balaban J connectivity index is 2.01. The summed E-state index contributed by atoms with van der Waals surface area (Å²) in [6.07, 6.45) is 2.61. The molecule has 21 heavy (non-hydrogen) atoms. The maximum Gasteiger partial charge on any atom is 0.272 e. The average molecular weight is 301 g/mol. The number of nitrogens with one attached hydrogen (secondary N) is 1. The summed E-state index contributed by atoms with van der Waals surface area (Å²) in [4.78, 5) is 12.0. The van der Waals surface area contributed by atoms with Crippen molar-refractivity contribution in [3.05, 3.63) is 69.7 Å². The third kappa shape index (κ3) is 4.17. The lowest BCUT2D eigenvalue weighted by atomic mass is 10.1. The fourth-order valence-corrected chi connectivity index (χ4v) is 2.19. The minimum atomic E-state index is -0.318. The van der Waals surface area contributed by atoms with Crippen LogP contribution in [0, 0.1) is 6.92 Å². The summed E-state index contributed by atoms with van der Waals surface area (Å²) >= 11 is 6.04. The Morgan fingerprint density at radius 2 is 1.95 bits per heavy atom. The van der Waals surface area contributed by atoms with E-state index in [0.29, 0.717) is 10.6 Å². The van der Waals surface area contributed by atoms with Crippen molar-refractivity contribution in [1.29, 1.82) is 0 Å². The molecule has 0 heterocycles. The molecule has 0 radical (unpaired) electrons. The van der Waals surface area contributed by atoms with Crippen molar-refractivity contribution < 1.29 is 4.79 Å². The van der Waals surface area contributed by atoms with Crippen LogP contribution in [0.25, 0.3) is 0 Å². The number of carbonyl (C=O) groups is 1. The van der Waals surface area contributed by atoms with Gasteiger partial charge in [-0.15, -0.1) is 0 Å². The molecule has 4 heteroatoms. The summed E-state index contributed by atoms with van der Waals surface area (Å²) < 4.78 is 0. The molecule has 0 saturated heterocycles. The van der Waals surface area contributed by atoms with Crippen LogP contribution >= 0.6 is 11.6 Å². The van der Waals surface area contributed by atoms with Gasteiger partial charge in [0, 0.05) is 0 Å². The highest BCUT2D eigenvalue weighted by Gasteiger charge is 2.08. The highest BCUT2D eigenvalue weighted by Crippen LogP contribution is 2.17. The van der Waals surface area contributed by atoms with Crippen LogP contribution in [0.15, 0.2) is 47.6 Å². The minimum absolute atomic E-state index is 0.318. The van der Waals surface area contributed by atoms with Crippen LogP contribution in [0.1, 0.15) is 34.0 Å². The van der Waals surface area contributed by atoms with E-state index in [2.05, 4.69) is 17.5 Å². The Morgan fingerprint density at radius 3 is 2.57 bits per heavy atom. The summed E-state index contributed by atoms with van der Waals surface area (Å²) in [5.74, 6) is -0.318. The molecule has 2 rings (SSSR count). The zero-order valence-electron chi connectivity index (χ0n) is 12.1. The fourth-order valence-electron chi connectivity index (χ4n) is 1.87. The molecule has 0 aliphatic carbocycles. The van der Waals surface area contributed by atoms with Gasteiger partial charge in [0.25, 0.3) is 5.91 Å². The van der Waals surface area contributed by atoms with Gasteiger partial charge in [-0.25, -0.2) is 5.43 Å². The zero-order valence-corrected chi connectivity index (χ0v) is 12.8. The molecule has 0 aromatic heterocycles. The summed E-state index contributed by atoms with van der Waals surface area (Å²) in [7, 11) is 0. The molecule has 0 aliphatic rings. The van der Waals surface area contributed by atoms with Crippen LogP contribution in [0.3, 0.4) is 0 Å². The molecule has 1 N–H and O–H groups in total. The van der Waals surface area contributed by atoms with Crippen LogP contribution in [0.5, 0.6) is 0 Å². The second-order valence-corrected chi connectivity index (χ2v) is 5.18. The molecular formula is C17H17ClN2O. The zero-order chi connectivity index (χ0) is 15.2. The molecule has 2 aromatic carbocycles. The number of nitrogens with zero attached hydrogens (tertiary/aromatic N) is 1. The van der Waals surface area contributed by atoms with Gasteiger partial charge in [0.05, 0.1) is 16.8 Å². The number of rotatable bonds is 4. The SMILES string of the molecule is CCc1ccc(C=NNC(=O)c2ccc(C)cc2Cl)cc1. The molecule has 3 nitrogen and oxygen atoms in total. The Bertz CT molecular complexity index is 663. The minimum Gasteiger partial charge on any atom is -0.267 e. The maximum absolute atomic E-state index is 12.0. The monoisotopic (exact) mass is 300 g/mol. The van der Waals surface area contributed by atoms with E-state index >= 15 is 0 Å². The topological polar surface area (TPSA) is 41.5 Å². The summed E-state index contributed by atoms with van der Waals surface area (Å²) in [5.41, 5.74) is 6.11. The van der Waals surface area contributed by atoms with Gasteiger partial charge in [0.15, 0.2) is 0 Å². The van der Waals surface area contributed by atoms with Crippen molar-refractivity contribution in [2.45, 2.75) is 20.3 Å². The average Bonchev–Trinajstić information content (AvgIpc) is 2.47. The summed E-state index contributed by atoms with van der Waals surface area (Å²) in [5, 5.41) is 4.38. The number of amides is 1. The Labute approximate surface area is 129 Å². The van der Waals surface area contributed by atoms with E-state index in [-0.39, 0.29) is 5.91 Å². The lowest BCUT2D eigenvalue weighted by Crippen LogP contribution is -2.18. The quantitative estimate of drug-likeness (QED) is 0.673. The van der Waals surface area contributed by atoms with Gasteiger partial charge in [-0.1, -0.05) is 48.9 Å². The number of aryl methyl sites for hydroxylation is 2. The molecule has 108 valence electrons. The van der Waals surface area contributed by atoms with Crippen LogP contribution in [-0.4, -0.2) is 12.1 Å². The van der Waals surface area contributed by atoms with E-state index in [1.807, 2.05) is 37.3 Å². The van der Waals surface area contributed by atoms with Crippen molar-refractivity contribution in [1.82, 2.24) is 5.43 Å². The Hall–Kier alpha value is -2.13. The van der Waals surface area contributed by atoms with Crippen LogP contribution in [0.4, 0.5) is 0 Å². The summed E-state index contributed by atoms with van der Waals surface area (Å²) in [6, 6.07) is 13.3. The molecular weight excluding hydrogens is 284 g/mol. The Morgan fingerprint density at radius 1 is 1.24 bits per heavy atom. The van der Waals surface area contributed by atoms with Crippen LogP contribution in [0.2, 0.25) is 5.02 Å². The highest BCUT2D eigenvalue weighted by atomic mass is 35.5. The molecule has 2 aromatic rings. The second-order valence-electron chi connectivity index (χ2n) is 4.78. The number of hydrazone groups is 1. The van der Waals surface area contributed by atoms with E-state index in [0.717, 1.165) is 17.5 Å². The molecule has 0 aliphatic heterocycles. The number of halogens is 1. The van der Waals surface area contributed by atoms with Crippen molar-refractivity contribution >= 4 is 23.7 Å². The van der Waals surface area contributed by atoms with Gasteiger partial charge >= 0.3 is 0 Å². The smallest absolute Gasteiger partial charge is 0.267 e. The maximum atomic E-state index is 12.0. The van der Waals surface area contributed by atoms with Gasteiger partial charge in [-0.2, -0.15) is 5.10 Å². The van der Waals surface area contributed by atoms with Crippen LogP contribution in [-0.2, 0) is 6.42 Å². The predicted octanol–water partition coefficient (Wildman–Crippen LogP) is 3.97. The third-order valence-electron chi connectivity index (χ3n) is 3.14. The van der Waals surface area contributed by atoms with E-state index in [1.54, 1.807) is 18.3 Å². The van der Waals surface area contributed by atoms with Gasteiger partial charge in [-0.3, -0.25) is 4.79 Å². The molecule has 0 bridgehead atoms. The van der Waals surface area contributed by atoms with Gasteiger partial charge in [0.1, 0.15) is 0 Å². The largest absolute Gasteiger partial charge is 0.272 e. The molecule has 1 amide bonds. The van der Waals surface area contributed by atoms with E-state index in [4.69, 9.17) is 11.6 Å². The van der Waals surface area contributed by atoms with E-state index < -0.39 is 0 Å². The third-order valence-corrected chi connectivity index (χ3v) is 3.45. The van der Waals surface area contributed by atoms with Crippen molar-refractivity contribution in [3.8, 4) is 0 Å². The number of benzene rings is 2. The normalized spacial score (nSPS) is 10.8. The lowest BCUT2D eigenvalue weighted by molar-refractivity contribution is 0.0955. The lowest BCUT2D eigenvalue weighted by Gasteiger charge is -2.03. The van der Waals surface area contributed by atoms with Gasteiger partial charge in [0.2, 0.25) is 0 Å². The number of hydrogen-bond donors (Lipinski definition) is 1. The van der Waals surface area contributed by atoms with Crippen molar-refractivity contribution in [2.75, 3.05) is 0 Å². The summed E-state index contributed by atoms with van der Waals surface area (Å²) in [6.45, 7) is 4.03. The molecule has 0 unspecified atom stereocenters. The van der Waals surface area contributed by atoms with Crippen LogP contribution < -0.4 is 5.43 Å². The number of hydrogen-bond acceptors (Lipinski definition) is 2. The first-order chi connectivity index (χ1) is 10.1. The number of carbonyl (C=O) groups excluding carboxylic acids is 1. The second kappa shape index (κ2) is 7.04. The van der Waals surface area contributed by atoms with E-state index in [9.17, 15) is 4.79 Å². The first-order valence-electron chi connectivity index (χ1n) is 6.78.